The minimum absolute atomic E-state index is 0.211. The summed E-state index contributed by atoms with van der Waals surface area (Å²) < 4.78 is 14.3. The van der Waals surface area contributed by atoms with Crippen molar-refractivity contribution in [3.05, 3.63) is 12.2 Å². The van der Waals surface area contributed by atoms with Gasteiger partial charge in [0.15, 0.2) is 0 Å². The third-order valence-corrected chi connectivity index (χ3v) is 2.75. The van der Waals surface area contributed by atoms with Crippen molar-refractivity contribution >= 4 is 17.9 Å². The van der Waals surface area contributed by atoms with Crippen molar-refractivity contribution < 1.29 is 28.6 Å². The smallest absolute Gasteiger partial charge is 0.313 e. The van der Waals surface area contributed by atoms with Gasteiger partial charge in [0.05, 0.1) is 26.1 Å². The second-order valence-electron chi connectivity index (χ2n) is 3.95. The Bertz CT molecular complexity index is 373. The first-order valence-electron chi connectivity index (χ1n) is 5.50. The molecule has 0 saturated heterocycles. The van der Waals surface area contributed by atoms with Crippen molar-refractivity contribution in [3.8, 4) is 0 Å². The summed E-state index contributed by atoms with van der Waals surface area (Å²) in [5, 5.41) is 0. The van der Waals surface area contributed by atoms with Crippen LogP contribution in [0.2, 0.25) is 0 Å². The Morgan fingerprint density at radius 1 is 1.06 bits per heavy atom. The number of hydrogen-bond donors (Lipinski definition) is 0. The third kappa shape index (κ3) is 3.32. The maximum Gasteiger partial charge on any atom is 0.313 e. The van der Waals surface area contributed by atoms with Gasteiger partial charge in [-0.05, 0) is 6.08 Å². The molecule has 3 atom stereocenters. The molecule has 0 aromatic heterocycles. The molecular formula is C12H16O6. The van der Waals surface area contributed by atoms with Gasteiger partial charge in [-0.25, -0.2) is 0 Å². The van der Waals surface area contributed by atoms with E-state index < -0.39 is 35.8 Å². The average molecular weight is 256 g/mol. The van der Waals surface area contributed by atoms with E-state index in [0.29, 0.717) is 0 Å². The lowest BCUT2D eigenvalue weighted by Gasteiger charge is -2.27. The topological polar surface area (TPSA) is 78.9 Å². The number of carbonyl (C=O) groups excluding carboxylic acids is 3. The van der Waals surface area contributed by atoms with Crippen molar-refractivity contribution in [2.75, 3.05) is 14.2 Å². The van der Waals surface area contributed by atoms with E-state index in [1.165, 1.54) is 27.2 Å². The van der Waals surface area contributed by atoms with Crippen LogP contribution in [0.15, 0.2) is 12.2 Å². The van der Waals surface area contributed by atoms with Crippen LogP contribution in [0.3, 0.4) is 0 Å². The molecular weight excluding hydrogens is 240 g/mol. The maximum absolute atomic E-state index is 11.6. The average Bonchev–Trinajstić information content (AvgIpc) is 2.36. The molecule has 0 amide bonds. The minimum atomic E-state index is -0.700. The standard InChI is InChI=1S/C12H16O6/c1-7(13)18-8-4-5-9(11(14)16-2)10(6-8)12(15)17-3/h4-5,8-10H,6H2,1-3H3/t8-,9+,10+/m1/s1. The van der Waals surface area contributed by atoms with E-state index in [-0.39, 0.29) is 6.42 Å². The second kappa shape index (κ2) is 6.18. The van der Waals surface area contributed by atoms with Gasteiger partial charge in [-0.2, -0.15) is 0 Å². The van der Waals surface area contributed by atoms with Crippen LogP contribution in [0.4, 0.5) is 0 Å². The van der Waals surface area contributed by atoms with Gasteiger partial charge in [0.2, 0.25) is 0 Å². The van der Waals surface area contributed by atoms with E-state index >= 15 is 0 Å². The number of hydrogen-bond acceptors (Lipinski definition) is 6. The van der Waals surface area contributed by atoms with Gasteiger partial charge in [-0.1, -0.05) is 6.08 Å². The van der Waals surface area contributed by atoms with E-state index in [1.54, 1.807) is 6.08 Å². The minimum Gasteiger partial charge on any atom is -0.469 e. The number of carbonyl (C=O) groups is 3. The van der Waals surface area contributed by atoms with Crippen LogP contribution in [0, 0.1) is 11.8 Å². The Morgan fingerprint density at radius 2 is 1.67 bits per heavy atom. The molecule has 100 valence electrons. The predicted octanol–water partition coefficient (Wildman–Crippen LogP) is 0.456. The molecule has 0 unspecified atom stereocenters. The Balaban J connectivity index is 2.87. The van der Waals surface area contributed by atoms with Crippen LogP contribution >= 0.6 is 0 Å². The number of esters is 3. The highest BCUT2D eigenvalue weighted by Crippen LogP contribution is 2.28. The molecule has 0 spiro atoms. The quantitative estimate of drug-likeness (QED) is 0.414. The number of ether oxygens (including phenoxy) is 3. The first kappa shape index (κ1) is 14.2. The van der Waals surface area contributed by atoms with E-state index in [2.05, 4.69) is 9.47 Å². The van der Waals surface area contributed by atoms with Crippen LogP contribution in [0.1, 0.15) is 13.3 Å². The van der Waals surface area contributed by atoms with Crippen LogP contribution in [-0.2, 0) is 28.6 Å². The zero-order valence-electron chi connectivity index (χ0n) is 10.5. The fraction of sp³-hybridized carbons (Fsp3) is 0.583. The van der Waals surface area contributed by atoms with Gasteiger partial charge < -0.3 is 14.2 Å². The summed E-state index contributed by atoms with van der Waals surface area (Å²) in [6.45, 7) is 1.29. The Hall–Kier alpha value is -1.85. The zero-order valence-corrected chi connectivity index (χ0v) is 10.5. The summed E-state index contributed by atoms with van der Waals surface area (Å²) in [4.78, 5) is 34.0. The SMILES string of the molecule is COC(=O)[C@H]1C=C[C@@H](OC(C)=O)C[C@@H]1C(=O)OC. The third-order valence-electron chi connectivity index (χ3n) is 2.75. The van der Waals surface area contributed by atoms with Crippen molar-refractivity contribution in [1.29, 1.82) is 0 Å². The molecule has 1 rings (SSSR count). The molecule has 0 N–H and O–H groups in total. The van der Waals surface area contributed by atoms with Crippen LogP contribution in [0.25, 0.3) is 0 Å². The van der Waals surface area contributed by atoms with Crippen molar-refractivity contribution in [2.45, 2.75) is 19.4 Å². The molecule has 0 saturated carbocycles. The summed E-state index contributed by atoms with van der Waals surface area (Å²) in [5.41, 5.74) is 0. The Labute approximate surface area is 105 Å². The molecule has 0 fully saturated rings. The highest BCUT2D eigenvalue weighted by Gasteiger charge is 2.38. The van der Waals surface area contributed by atoms with Crippen LogP contribution in [-0.4, -0.2) is 38.2 Å². The first-order chi connectivity index (χ1) is 8.49. The molecule has 0 heterocycles. The molecule has 0 aromatic rings. The summed E-state index contributed by atoms with van der Waals surface area (Å²) >= 11 is 0. The predicted molar refractivity (Wildman–Crippen MR) is 60.3 cm³/mol. The zero-order chi connectivity index (χ0) is 13.7. The number of methoxy groups -OCH3 is 2. The molecule has 0 aliphatic heterocycles. The molecule has 1 aliphatic rings. The molecule has 18 heavy (non-hydrogen) atoms. The monoisotopic (exact) mass is 256 g/mol. The molecule has 6 heteroatoms. The lowest BCUT2D eigenvalue weighted by molar-refractivity contribution is -0.159. The molecule has 1 aliphatic carbocycles. The maximum atomic E-state index is 11.6. The Kier molecular flexibility index (Phi) is 4.88. The summed E-state index contributed by atoms with van der Waals surface area (Å²) in [7, 11) is 2.50. The first-order valence-corrected chi connectivity index (χ1v) is 5.50. The normalized spacial score (nSPS) is 26.3. The molecule has 6 nitrogen and oxygen atoms in total. The lowest BCUT2D eigenvalue weighted by Crippen LogP contribution is -2.36. The van der Waals surface area contributed by atoms with Gasteiger partial charge >= 0.3 is 17.9 Å². The fourth-order valence-electron chi connectivity index (χ4n) is 1.93. The summed E-state index contributed by atoms with van der Waals surface area (Å²) in [6, 6.07) is 0. The second-order valence-corrected chi connectivity index (χ2v) is 3.95. The van der Waals surface area contributed by atoms with Crippen LogP contribution < -0.4 is 0 Å². The van der Waals surface area contributed by atoms with E-state index in [1.807, 2.05) is 0 Å². The largest absolute Gasteiger partial charge is 0.469 e. The van der Waals surface area contributed by atoms with Crippen LogP contribution in [0.5, 0.6) is 0 Å². The van der Waals surface area contributed by atoms with Gasteiger partial charge in [-0.15, -0.1) is 0 Å². The fourth-order valence-corrected chi connectivity index (χ4v) is 1.93. The lowest BCUT2D eigenvalue weighted by atomic mass is 9.82. The van der Waals surface area contributed by atoms with E-state index in [9.17, 15) is 14.4 Å². The van der Waals surface area contributed by atoms with Crippen molar-refractivity contribution in [3.63, 3.8) is 0 Å². The van der Waals surface area contributed by atoms with Crippen molar-refractivity contribution in [2.24, 2.45) is 11.8 Å². The Morgan fingerprint density at radius 3 is 2.17 bits per heavy atom. The van der Waals surface area contributed by atoms with Gasteiger partial charge in [-0.3, -0.25) is 14.4 Å². The molecule has 0 aromatic carbocycles. The van der Waals surface area contributed by atoms with E-state index in [4.69, 9.17) is 4.74 Å². The highest BCUT2D eigenvalue weighted by molar-refractivity contribution is 5.84. The summed E-state index contributed by atoms with van der Waals surface area (Å²) in [6.07, 6.45) is 2.79. The van der Waals surface area contributed by atoms with E-state index in [0.717, 1.165) is 0 Å². The molecule has 0 radical (unpaired) electrons. The van der Waals surface area contributed by atoms with Crippen molar-refractivity contribution in [1.82, 2.24) is 0 Å². The molecule has 0 bridgehead atoms. The number of rotatable bonds is 3. The summed E-state index contributed by atoms with van der Waals surface area (Å²) in [5.74, 6) is -2.87. The highest BCUT2D eigenvalue weighted by atomic mass is 16.5. The van der Waals surface area contributed by atoms with Gasteiger partial charge in [0.25, 0.3) is 0 Å². The van der Waals surface area contributed by atoms with Gasteiger partial charge in [0.1, 0.15) is 6.10 Å². The van der Waals surface area contributed by atoms with Gasteiger partial charge in [0, 0.05) is 13.3 Å².